The highest BCUT2D eigenvalue weighted by atomic mass is 16.5. The van der Waals surface area contributed by atoms with Gasteiger partial charge < -0.3 is 20.3 Å². The van der Waals surface area contributed by atoms with Gasteiger partial charge in [-0.2, -0.15) is 4.98 Å². The molecule has 6 heteroatoms. The van der Waals surface area contributed by atoms with E-state index in [1.165, 1.54) is 24.8 Å². The summed E-state index contributed by atoms with van der Waals surface area (Å²) in [5.74, 6) is 1.41. The Morgan fingerprint density at radius 2 is 1.78 bits per heavy atom. The van der Waals surface area contributed by atoms with E-state index in [-0.39, 0.29) is 5.60 Å². The van der Waals surface area contributed by atoms with Gasteiger partial charge in [0.05, 0.1) is 17.9 Å². The molecule has 1 aromatic rings. The second kappa shape index (κ2) is 5.91. The van der Waals surface area contributed by atoms with Gasteiger partial charge in [-0.15, -0.1) is 0 Å². The van der Waals surface area contributed by atoms with E-state index >= 15 is 0 Å². The van der Waals surface area contributed by atoms with Crippen LogP contribution < -0.4 is 10.6 Å². The molecule has 0 atom stereocenters. The summed E-state index contributed by atoms with van der Waals surface area (Å²) in [5.41, 5.74) is 8.33. The fourth-order valence-electron chi connectivity index (χ4n) is 4.21. The van der Waals surface area contributed by atoms with E-state index in [1.54, 1.807) is 0 Å². The maximum Gasteiger partial charge on any atom is 0.222 e. The van der Waals surface area contributed by atoms with Crippen LogP contribution in [0, 0.1) is 0 Å². The minimum Gasteiger partial charge on any atom is -0.370 e. The average Bonchev–Trinajstić information content (AvgIpc) is 2.55. The molecule has 0 unspecified atom stereocenters. The van der Waals surface area contributed by atoms with Crippen molar-refractivity contribution in [3.05, 3.63) is 11.3 Å². The lowest BCUT2D eigenvalue weighted by Gasteiger charge is -2.42. The van der Waals surface area contributed by atoms with Crippen molar-refractivity contribution >= 4 is 11.8 Å². The Morgan fingerprint density at radius 1 is 1.04 bits per heavy atom. The highest BCUT2D eigenvalue weighted by molar-refractivity contribution is 5.53. The van der Waals surface area contributed by atoms with E-state index < -0.39 is 0 Å². The van der Waals surface area contributed by atoms with E-state index in [0.717, 1.165) is 57.0 Å². The fraction of sp³-hybridized carbons (Fsp3) is 0.765. The minimum atomic E-state index is 0.00539. The first-order valence-electron chi connectivity index (χ1n) is 8.88. The summed E-state index contributed by atoms with van der Waals surface area (Å²) in [6.07, 6.45) is 7.06. The van der Waals surface area contributed by atoms with E-state index in [9.17, 15) is 0 Å². The van der Waals surface area contributed by atoms with Crippen molar-refractivity contribution in [3.63, 3.8) is 0 Å². The molecule has 1 aromatic heterocycles. The second-order valence-electron chi connectivity index (χ2n) is 7.33. The quantitative estimate of drug-likeness (QED) is 0.848. The fourth-order valence-corrected chi connectivity index (χ4v) is 4.21. The standard InChI is InChI=1S/C17H27N5O/c1-21-7-9-22(10-8-21)15-13-12-23-17(5-3-2-4-6-17)11-14(13)19-16(18)20-15/h2-12H2,1H3,(H2,18,19,20). The lowest BCUT2D eigenvalue weighted by molar-refractivity contribution is -0.0907. The number of hydrogen-bond donors (Lipinski definition) is 1. The van der Waals surface area contributed by atoms with Gasteiger partial charge in [0.25, 0.3) is 0 Å². The summed E-state index contributed by atoms with van der Waals surface area (Å²) in [7, 11) is 2.16. The van der Waals surface area contributed by atoms with E-state index in [2.05, 4.69) is 26.8 Å². The first kappa shape index (κ1) is 15.1. The highest BCUT2D eigenvalue weighted by Crippen LogP contribution is 2.40. The first-order valence-corrected chi connectivity index (χ1v) is 8.88. The Hall–Kier alpha value is -1.40. The number of nitrogens with zero attached hydrogens (tertiary/aromatic N) is 4. The van der Waals surface area contributed by atoms with E-state index in [4.69, 9.17) is 10.5 Å². The predicted octanol–water partition coefficient (Wildman–Crippen LogP) is 1.59. The molecule has 1 saturated heterocycles. The van der Waals surface area contributed by atoms with Gasteiger partial charge in [-0.25, -0.2) is 4.98 Å². The molecular formula is C17H27N5O. The van der Waals surface area contributed by atoms with Gasteiger partial charge in [0.15, 0.2) is 0 Å². The SMILES string of the molecule is CN1CCN(c2nc(N)nc3c2COC2(CCCCC2)C3)CC1. The van der Waals surface area contributed by atoms with Gasteiger partial charge in [-0.1, -0.05) is 19.3 Å². The van der Waals surface area contributed by atoms with E-state index in [0.29, 0.717) is 12.6 Å². The van der Waals surface area contributed by atoms with Crippen molar-refractivity contribution in [2.24, 2.45) is 0 Å². The summed E-state index contributed by atoms with van der Waals surface area (Å²) in [5, 5.41) is 0. The van der Waals surface area contributed by atoms with E-state index in [1.807, 2.05) is 0 Å². The number of nitrogen functional groups attached to an aromatic ring is 1. The molecule has 23 heavy (non-hydrogen) atoms. The number of anilines is 2. The molecule has 3 heterocycles. The van der Waals surface area contributed by atoms with Gasteiger partial charge >= 0.3 is 0 Å². The number of fused-ring (bicyclic) bond motifs is 1. The minimum absolute atomic E-state index is 0.00539. The van der Waals surface area contributed by atoms with Crippen molar-refractivity contribution in [1.29, 1.82) is 0 Å². The monoisotopic (exact) mass is 317 g/mol. The number of nitrogens with two attached hydrogens (primary N) is 1. The normalized spacial score (nSPS) is 24.7. The Kier molecular flexibility index (Phi) is 3.89. The Balaban J connectivity index is 1.63. The molecule has 4 rings (SSSR count). The molecule has 1 aliphatic carbocycles. The molecule has 0 bridgehead atoms. The molecule has 0 amide bonds. The van der Waals surface area contributed by atoms with Gasteiger partial charge in [-0.3, -0.25) is 0 Å². The average molecular weight is 317 g/mol. The summed E-state index contributed by atoms with van der Waals surface area (Å²) < 4.78 is 6.37. The molecule has 126 valence electrons. The summed E-state index contributed by atoms with van der Waals surface area (Å²) in [4.78, 5) is 13.8. The first-order chi connectivity index (χ1) is 11.2. The van der Waals surface area contributed by atoms with Crippen LogP contribution in [-0.2, 0) is 17.8 Å². The zero-order valence-corrected chi connectivity index (χ0v) is 14.1. The number of aromatic nitrogens is 2. The number of likely N-dealkylation sites (N-methyl/N-ethyl adjacent to an activating group) is 1. The van der Waals surface area contributed by atoms with Crippen LogP contribution in [0.15, 0.2) is 0 Å². The molecular weight excluding hydrogens is 290 g/mol. The third kappa shape index (κ3) is 2.90. The van der Waals surface area contributed by atoms with Crippen LogP contribution >= 0.6 is 0 Å². The molecule has 0 radical (unpaired) electrons. The summed E-state index contributed by atoms with van der Waals surface area (Å²) in [6.45, 7) is 4.74. The van der Waals surface area contributed by atoms with Crippen molar-refractivity contribution < 1.29 is 4.74 Å². The lowest BCUT2D eigenvalue weighted by atomic mass is 9.79. The highest BCUT2D eigenvalue weighted by Gasteiger charge is 2.39. The van der Waals surface area contributed by atoms with Crippen molar-refractivity contribution in [3.8, 4) is 0 Å². The van der Waals surface area contributed by atoms with Crippen LogP contribution in [0.4, 0.5) is 11.8 Å². The molecule has 3 aliphatic rings. The largest absolute Gasteiger partial charge is 0.370 e. The predicted molar refractivity (Wildman–Crippen MR) is 90.5 cm³/mol. The zero-order chi connectivity index (χ0) is 15.9. The number of hydrogen-bond acceptors (Lipinski definition) is 6. The van der Waals surface area contributed by atoms with Gasteiger partial charge in [0.2, 0.25) is 5.95 Å². The van der Waals surface area contributed by atoms with Crippen molar-refractivity contribution in [2.45, 2.75) is 50.7 Å². The lowest BCUT2D eigenvalue weighted by Crippen LogP contribution is -2.46. The van der Waals surface area contributed by atoms with Crippen molar-refractivity contribution in [2.75, 3.05) is 43.9 Å². The van der Waals surface area contributed by atoms with Crippen LogP contribution in [0.2, 0.25) is 0 Å². The van der Waals surface area contributed by atoms with Crippen LogP contribution in [0.25, 0.3) is 0 Å². The summed E-state index contributed by atoms with van der Waals surface area (Å²) >= 11 is 0. The van der Waals surface area contributed by atoms with Crippen LogP contribution in [-0.4, -0.2) is 53.7 Å². The van der Waals surface area contributed by atoms with Gasteiger partial charge in [-0.05, 0) is 19.9 Å². The van der Waals surface area contributed by atoms with Crippen LogP contribution in [0.1, 0.15) is 43.4 Å². The van der Waals surface area contributed by atoms with Crippen LogP contribution in [0.5, 0.6) is 0 Å². The Labute approximate surface area is 138 Å². The Morgan fingerprint density at radius 3 is 2.52 bits per heavy atom. The molecule has 6 nitrogen and oxygen atoms in total. The molecule has 2 aliphatic heterocycles. The third-order valence-electron chi connectivity index (χ3n) is 5.67. The number of rotatable bonds is 1. The maximum atomic E-state index is 6.37. The van der Waals surface area contributed by atoms with Crippen molar-refractivity contribution in [1.82, 2.24) is 14.9 Å². The second-order valence-corrected chi connectivity index (χ2v) is 7.33. The van der Waals surface area contributed by atoms with Gasteiger partial charge in [0.1, 0.15) is 5.82 Å². The molecule has 0 aromatic carbocycles. The molecule has 1 spiro atoms. The number of piperazine rings is 1. The molecule has 2 N–H and O–H groups in total. The summed E-state index contributed by atoms with van der Waals surface area (Å²) in [6, 6.07) is 0. The number of ether oxygens (including phenoxy) is 1. The topological polar surface area (TPSA) is 67.5 Å². The molecule has 1 saturated carbocycles. The Bertz CT molecular complexity index is 577. The van der Waals surface area contributed by atoms with Gasteiger partial charge in [0, 0.05) is 38.2 Å². The van der Waals surface area contributed by atoms with Crippen LogP contribution in [0.3, 0.4) is 0 Å². The third-order valence-corrected chi connectivity index (χ3v) is 5.67. The smallest absolute Gasteiger partial charge is 0.222 e. The maximum absolute atomic E-state index is 6.37. The zero-order valence-electron chi connectivity index (χ0n) is 14.1. The molecule has 2 fully saturated rings.